The molecule has 0 atom stereocenters. The lowest BCUT2D eigenvalue weighted by molar-refractivity contribution is 0.0503. The van der Waals surface area contributed by atoms with Crippen LogP contribution in [-0.4, -0.2) is 217 Å². The number of nitrogen functional groups attached to an aromatic ring is 3. The third-order valence-corrected chi connectivity index (χ3v) is 25.1. The Labute approximate surface area is 944 Å². The van der Waals surface area contributed by atoms with Gasteiger partial charge in [-0.25, -0.2) is 95.3 Å². The van der Waals surface area contributed by atoms with Crippen molar-refractivity contribution in [3.63, 3.8) is 0 Å². The van der Waals surface area contributed by atoms with Gasteiger partial charge in [0.2, 0.25) is 49.1 Å². The minimum absolute atomic E-state index is 0. The van der Waals surface area contributed by atoms with Gasteiger partial charge in [-0.1, -0.05) is 53.4 Å². The molecule has 11 heterocycles. The van der Waals surface area contributed by atoms with Gasteiger partial charge in [0.25, 0.3) is 0 Å². The fraction of sp³-hybridized carbons (Fsp3) is 0.329. The molecular weight excluding hydrogens is 2990 g/mol. The Bertz CT molecular complexity index is 6560. The molecule has 8 N–H and O–H groups in total. The molecular formula is C79H99Br7Cl2I5N21O18S6. The van der Waals surface area contributed by atoms with E-state index in [-0.39, 0.29) is 14.9 Å². The normalized spacial score (nSPS) is 10.7. The highest BCUT2D eigenvalue weighted by Gasteiger charge is 2.25. The number of rotatable bonds is 11. The van der Waals surface area contributed by atoms with Crippen molar-refractivity contribution in [3.05, 3.63) is 198 Å². The molecule has 0 bridgehead atoms. The SMILES string of the molecule is C.C.C#Cc1cnn(C(=O)OC(C)(C)C)c1.CC(C)(C)OC(=O)n1cc(-c2cc3cnc(Br)cc3n2S(C)(=O)=O)cn1.CC(C)(C)OC(=O)n1cc(C#Cc2cnc(Br)cc2NS(C)(=O)=O)cn1.CCN(CC)CC.CN(c1cc(Br)ncc1I)S(C)(=O)=O.CS(=O)(=O)Cl.CS(=O)(=O)Nc1cc(Br)ncc1I.ClI.Nc1cc(Br)ncc1I.Nc1ccnc(Br)c1.Nc1ccnc(Br)c1I.O=S=O. The quantitative estimate of drug-likeness (QED) is 0.0264. The van der Waals surface area contributed by atoms with Crippen molar-refractivity contribution in [2.45, 2.75) is 115 Å². The van der Waals surface area contributed by atoms with Gasteiger partial charge in [0.15, 0.2) is 0 Å². The zero-order valence-corrected chi connectivity index (χ0v) is 103. The molecule has 0 aliphatic rings. The summed E-state index contributed by atoms with van der Waals surface area (Å²) >= 11 is 31.6. The van der Waals surface area contributed by atoms with Gasteiger partial charge in [0.1, 0.15) is 49.0 Å². The smallest absolute Gasteiger partial charge is 0.435 e. The van der Waals surface area contributed by atoms with Crippen molar-refractivity contribution in [2.75, 3.05) is 88.9 Å². The standard InChI is InChI=1S/2C16H17BrN4O4S.C10H12N2O2.C7H8BrIN2O2S.C6H6BrIN2O2S.C6H15N.2C5H4BrIN2.C5H5BrN2.CH3ClO2S.2CH4.ClI.O2S/c1-16(2,3)25-15(22)20-9-11(8-19-20)12-5-10-7-18-14(17)6-13(10)21(12)26(4,23)24;1-16(2,3)25-15(22)21-10-11(8-19-21)5-6-12-9-18-14(17)7-13(12)20-26(4,23)24;1-5-8-6-11-12(7-8)9(13)14-10(2,3)4;1-11(14(2,12)13)6-3-7(8)10-4-5(6)9;1-13(11,12)10-5-2-6(7)9-3-4(5)8;1-4-7(5-2)6-3;6-5-1-4(8)3(7)2-9-5;6-5-4(7)3(8)1-2-9-5;6-5-3-4(7)1-2-8-5;1-5(2,3)4;;;1-2;1-3-2/h5-9H,1-4H3;7-10H,1-4H3,(H,18,20);1,6-7H,2-4H3;3-4H,1-2H3;2-3H,1H3,(H,9,10);4-6H2,1-3H3;2*1-2H,(H2,8,9);1-3H,(H2,7,8);1H3;2*1H4;;. The van der Waals surface area contributed by atoms with E-state index in [0.717, 1.165) is 90.5 Å². The number of sulfonamides is 3. The number of terminal acetylenes is 1. The lowest BCUT2D eigenvalue weighted by atomic mass is 10.2. The summed E-state index contributed by atoms with van der Waals surface area (Å²) in [7, 11) is -6.08. The maximum Gasteiger partial charge on any atom is 0.435 e. The number of carbonyl (C=O) groups excluding carboxylic acids is 3. The Kier molecular flexibility index (Phi) is 64.6. The molecule has 762 valence electrons. The molecule has 11 aromatic rings. The summed E-state index contributed by atoms with van der Waals surface area (Å²) in [5.41, 5.74) is 21.1. The van der Waals surface area contributed by atoms with Crippen molar-refractivity contribution < 1.29 is 79.1 Å². The van der Waals surface area contributed by atoms with Crippen LogP contribution in [0.5, 0.6) is 0 Å². The van der Waals surface area contributed by atoms with Crippen LogP contribution in [0.2, 0.25) is 0 Å². The fourth-order valence-corrected chi connectivity index (χ4v) is 15.6. The summed E-state index contributed by atoms with van der Waals surface area (Å²) in [5.74, 6) is 8.00. The van der Waals surface area contributed by atoms with E-state index >= 15 is 0 Å². The van der Waals surface area contributed by atoms with Crippen molar-refractivity contribution in [2.24, 2.45) is 0 Å². The zero-order valence-electron chi connectivity index (χ0n) is 74.9. The van der Waals surface area contributed by atoms with Crippen molar-refractivity contribution >= 4 is 367 Å². The summed E-state index contributed by atoms with van der Waals surface area (Å²) in [4.78, 5) is 65.8. The molecule has 11 rings (SSSR count). The number of nitrogens with two attached hydrogens (primary N) is 3. The van der Waals surface area contributed by atoms with Crippen LogP contribution in [0.25, 0.3) is 22.2 Å². The highest BCUT2D eigenvalue weighted by molar-refractivity contribution is 14.1. The molecule has 11 aromatic heterocycles. The molecule has 0 fully saturated rings. The largest absolute Gasteiger partial charge is 0.442 e. The van der Waals surface area contributed by atoms with Gasteiger partial charge < -0.3 is 36.3 Å². The van der Waals surface area contributed by atoms with Crippen LogP contribution in [0.3, 0.4) is 0 Å². The van der Waals surface area contributed by atoms with Gasteiger partial charge >= 0.3 is 29.9 Å². The van der Waals surface area contributed by atoms with Crippen LogP contribution in [0.4, 0.5) is 48.5 Å². The molecule has 39 nitrogen and oxygen atoms in total. The van der Waals surface area contributed by atoms with Gasteiger partial charge in [-0.15, -0.1) is 6.42 Å². The van der Waals surface area contributed by atoms with Crippen molar-refractivity contribution in [1.29, 1.82) is 0 Å². The maximum absolute atomic E-state index is 12.4. The number of fused-ring (bicyclic) bond motifs is 1. The topological polar surface area (TPSA) is 541 Å². The first-order chi connectivity index (χ1) is 62.5. The Morgan fingerprint density at radius 2 is 0.906 bits per heavy atom. The molecule has 0 aliphatic heterocycles. The first-order valence-electron chi connectivity index (χ1n) is 37.0. The number of nitrogens with one attached hydrogen (secondary N) is 2. The predicted octanol–water partition coefficient (Wildman–Crippen LogP) is 20.4. The molecule has 0 aromatic carbocycles. The molecule has 0 saturated heterocycles. The summed E-state index contributed by atoms with van der Waals surface area (Å²) < 4.78 is 161. The van der Waals surface area contributed by atoms with Crippen molar-refractivity contribution in [1.82, 2.24) is 73.1 Å². The number of hydrogen-bond donors (Lipinski definition) is 5. The number of nitrogens with zero attached hydrogens (tertiary/aromatic N) is 16. The number of aromatic nitrogens is 14. The number of pyridine rings is 7. The number of carbonyl (C=O) groups is 3. The monoisotopic (exact) mass is 3080 g/mol. The summed E-state index contributed by atoms with van der Waals surface area (Å²) in [6.07, 6.45) is 28.5. The molecule has 138 heavy (non-hydrogen) atoms. The van der Waals surface area contributed by atoms with E-state index in [0.29, 0.717) is 74.3 Å². The fourth-order valence-electron chi connectivity index (χ4n) is 8.49. The van der Waals surface area contributed by atoms with Gasteiger partial charge in [-0.2, -0.15) is 37.8 Å². The molecule has 0 aliphatic carbocycles. The Balaban J connectivity index is -0.00000151. The van der Waals surface area contributed by atoms with Crippen LogP contribution in [0, 0.1) is 38.5 Å². The Morgan fingerprint density at radius 3 is 1.30 bits per heavy atom. The number of hydrogen-bond acceptors (Lipinski definition) is 32. The van der Waals surface area contributed by atoms with E-state index in [2.05, 4.69) is 279 Å². The van der Waals surface area contributed by atoms with Crippen LogP contribution in [-0.2, 0) is 74.9 Å². The second kappa shape index (κ2) is 65.2. The van der Waals surface area contributed by atoms with Crippen LogP contribution in [0.15, 0.2) is 167 Å². The summed E-state index contributed by atoms with van der Waals surface area (Å²) in [6.45, 7) is 26.0. The third-order valence-electron chi connectivity index (χ3n) is 14.0. The van der Waals surface area contributed by atoms with Crippen LogP contribution < -0.4 is 31.0 Å². The Morgan fingerprint density at radius 1 is 0.514 bits per heavy atom. The lowest BCUT2D eigenvalue weighted by Crippen LogP contribution is -2.27. The van der Waals surface area contributed by atoms with Gasteiger partial charge in [0, 0.05) is 117 Å². The number of ether oxygens (including phenoxy) is 3. The second-order valence-electron chi connectivity index (χ2n) is 28.8. The molecule has 0 radical (unpaired) electrons. The minimum atomic E-state index is -3.61. The maximum atomic E-state index is 12.4. The average Bonchev–Trinajstić information content (AvgIpc) is 1.60. The molecule has 0 saturated carbocycles. The summed E-state index contributed by atoms with van der Waals surface area (Å²) in [6, 6.07) is 15.1. The van der Waals surface area contributed by atoms with Gasteiger partial charge in [-0.3, -0.25) is 13.7 Å². The first kappa shape index (κ1) is 137. The van der Waals surface area contributed by atoms with E-state index < -0.39 is 95.8 Å². The minimum Gasteiger partial charge on any atom is -0.442 e. The van der Waals surface area contributed by atoms with Gasteiger partial charge in [-0.05, 0) is 347 Å². The van der Waals surface area contributed by atoms with E-state index in [1.165, 1.54) is 84.4 Å². The molecule has 0 unspecified atom stereocenters. The predicted molar refractivity (Wildman–Crippen MR) is 614 cm³/mol. The third kappa shape index (κ3) is 59.2. The van der Waals surface area contributed by atoms with E-state index in [1.807, 2.05) is 45.2 Å². The molecule has 59 heteroatoms. The van der Waals surface area contributed by atoms with Crippen LogP contribution in [0.1, 0.15) is 115 Å². The first-order valence-corrected chi connectivity index (χ1v) is 60.5. The average molecular weight is 3090 g/mol. The second-order valence-corrected chi connectivity index (χ2v) is 49.5. The summed E-state index contributed by atoms with van der Waals surface area (Å²) in [5, 5.41) is 12.3. The zero-order chi connectivity index (χ0) is 105. The highest BCUT2D eigenvalue weighted by atomic mass is 127. The van der Waals surface area contributed by atoms with E-state index in [9.17, 15) is 56.5 Å². The molecule has 0 spiro atoms. The van der Waals surface area contributed by atoms with E-state index in [1.54, 1.807) is 169 Å². The lowest BCUT2D eigenvalue weighted by Gasteiger charge is -2.18. The van der Waals surface area contributed by atoms with E-state index in [4.69, 9.17) is 46.3 Å². The van der Waals surface area contributed by atoms with Crippen molar-refractivity contribution in [3.8, 4) is 35.4 Å². The molecule has 0 amide bonds. The number of halogens is 14. The van der Waals surface area contributed by atoms with Gasteiger partial charge in [0.05, 0.1) is 122 Å². The number of anilines is 6. The highest BCUT2D eigenvalue weighted by Crippen LogP contribution is 2.32. The Hall–Kier alpha value is -5.33. The van der Waals surface area contributed by atoms with Crippen LogP contribution >= 0.6 is 243 Å².